The minimum atomic E-state index is -0.890. The topological polar surface area (TPSA) is 72.3 Å². The standard InChI is InChI=1S/C13H27N3O/c1-4-11-6-5-7-16(9-11)10(2)8-13(3,15)12(14)17/h10-11H,4-9,15H2,1-3H3,(H2,14,17). The molecule has 1 fully saturated rings. The van der Waals surface area contributed by atoms with Crippen LogP contribution in [0.15, 0.2) is 0 Å². The first kappa shape index (κ1) is 14.5. The summed E-state index contributed by atoms with van der Waals surface area (Å²) in [5.41, 5.74) is 10.4. The molecule has 1 amide bonds. The van der Waals surface area contributed by atoms with Crippen LogP contribution in [0.3, 0.4) is 0 Å². The number of nitrogens with two attached hydrogens (primary N) is 2. The minimum absolute atomic E-state index is 0.326. The van der Waals surface area contributed by atoms with Crippen LogP contribution in [0.4, 0.5) is 0 Å². The normalized spacial score (nSPS) is 27.4. The van der Waals surface area contributed by atoms with E-state index in [1.807, 2.05) is 0 Å². The van der Waals surface area contributed by atoms with Crippen LogP contribution in [0.1, 0.15) is 46.5 Å². The molecule has 100 valence electrons. The zero-order chi connectivity index (χ0) is 13.1. The summed E-state index contributed by atoms with van der Waals surface area (Å²) >= 11 is 0. The van der Waals surface area contributed by atoms with Crippen molar-refractivity contribution in [3.63, 3.8) is 0 Å². The molecule has 1 heterocycles. The maximum atomic E-state index is 11.2. The van der Waals surface area contributed by atoms with Gasteiger partial charge in [-0.15, -0.1) is 0 Å². The second-order valence-corrected chi connectivity index (χ2v) is 5.75. The van der Waals surface area contributed by atoms with Crippen LogP contribution < -0.4 is 11.5 Å². The fourth-order valence-corrected chi connectivity index (χ4v) is 2.67. The van der Waals surface area contributed by atoms with Gasteiger partial charge in [-0.25, -0.2) is 0 Å². The maximum Gasteiger partial charge on any atom is 0.237 e. The Kier molecular flexibility index (Phi) is 4.95. The summed E-state index contributed by atoms with van der Waals surface area (Å²) in [6.45, 7) is 8.37. The number of hydrogen-bond donors (Lipinski definition) is 2. The number of rotatable bonds is 5. The van der Waals surface area contributed by atoms with E-state index in [0.29, 0.717) is 12.5 Å². The lowest BCUT2D eigenvalue weighted by atomic mass is 9.90. The first-order valence-electron chi connectivity index (χ1n) is 6.69. The van der Waals surface area contributed by atoms with E-state index in [9.17, 15) is 4.79 Å². The Hall–Kier alpha value is -0.610. The Morgan fingerprint density at radius 1 is 1.59 bits per heavy atom. The van der Waals surface area contributed by atoms with Crippen molar-refractivity contribution in [1.82, 2.24) is 4.90 Å². The second-order valence-electron chi connectivity index (χ2n) is 5.75. The van der Waals surface area contributed by atoms with E-state index in [-0.39, 0.29) is 0 Å². The van der Waals surface area contributed by atoms with Crippen LogP contribution >= 0.6 is 0 Å². The smallest absolute Gasteiger partial charge is 0.237 e. The number of nitrogens with zero attached hydrogens (tertiary/aromatic N) is 1. The van der Waals surface area contributed by atoms with Crippen LogP contribution in [0.5, 0.6) is 0 Å². The van der Waals surface area contributed by atoms with Gasteiger partial charge in [0.15, 0.2) is 0 Å². The Morgan fingerprint density at radius 3 is 2.76 bits per heavy atom. The third kappa shape index (κ3) is 3.96. The van der Waals surface area contributed by atoms with Gasteiger partial charge in [-0.1, -0.05) is 13.3 Å². The van der Waals surface area contributed by atoms with Crippen molar-refractivity contribution >= 4 is 5.91 Å². The summed E-state index contributed by atoms with van der Waals surface area (Å²) in [6, 6.07) is 0.326. The van der Waals surface area contributed by atoms with Crippen LogP contribution in [0.2, 0.25) is 0 Å². The molecule has 0 saturated carbocycles. The van der Waals surface area contributed by atoms with Crippen molar-refractivity contribution in [2.45, 2.75) is 58.0 Å². The van der Waals surface area contributed by atoms with Gasteiger partial charge in [0.25, 0.3) is 0 Å². The monoisotopic (exact) mass is 241 g/mol. The summed E-state index contributed by atoms with van der Waals surface area (Å²) in [4.78, 5) is 13.7. The van der Waals surface area contributed by atoms with E-state index in [4.69, 9.17) is 11.5 Å². The van der Waals surface area contributed by atoms with E-state index >= 15 is 0 Å². The van der Waals surface area contributed by atoms with Gasteiger partial charge in [0.2, 0.25) is 5.91 Å². The SMILES string of the molecule is CCC1CCCN(C(C)CC(C)(N)C(N)=O)C1. The predicted molar refractivity (Wildman–Crippen MR) is 70.5 cm³/mol. The molecule has 4 N–H and O–H groups in total. The Morgan fingerprint density at radius 2 is 2.24 bits per heavy atom. The van der Waals surface area contributed by atoms with Crippen LogP contribution in [-0.4, -0.2) is 35.5 Å². The van der Waals surface area contributed by atoms with Crippen LogP contribution in [0.25, 0.3) is 0 Å². The summed E-state index contributed by atoms with van der Waals surface area (Å²) < 4.78 is 0. The van der Waals surface area contributed by atoms with Crippen molar-refractivity contribution in [1.29, 1.82) is 0 Å². The molecule has 0 aliphatic carbocycles. The Bertz CT molecular complexity index is 265. The van der Waals surface area contributed by atoms with E-state index < -0.39 is 11.4 Å². The molecule has 1 saturated heterocycles. The molecule has 0 aromatic carbocycles. The molecule has 17 heavy (non-hydrogen) atoms. The summed E-state index contributed by atoms with van der Waals surface area (Å²) in [6.07, 6.45) is 4.45. The van der Waals surface area contributed by atoms with Crippen LogP contribution in [-0.2, 0) is 4.79 Å². The van der Waals surface area contributed by atoms with Gasteiger partial charge in [-0.2, -0.15) is 0 Å². The van der Waals surface area contributed by atoms with Crippen molar-refractivity contribution in [2.75, 3.05) is 13.1 Å². The number of carbonyl (C=O) groups excluding carboxylic acids is 1. The molecular formula is C13H27N3O. The average Bonchev–Trinajstić information content (AvgIpc) is 2.28. The maximum absolute atomic E-state index is 11.2. The molecule has 0 aromatic heterocycles. The first-order valence-corrected chi connectivity index (χ1v) is 6.69. The average molecular weight is 241 g/mol. The van der Waals surface area contributed by atoms with Gasteiger partial charge in [-0.05, 0) is 45.6 Å². The van der Waals surface area contributed by atoms with Gasteiger partial charge >= 0.3 is 0 Å². The zero-order valence-electron chi connectivity index (χ0n) is 11.4. The molecule has 1 rings (SSSR count). The van der Waals surface area contributed by atoms with Gasteiger partial charge < -0.3 is 16.4 Å². The first-order chi connectivity index (χ1) is 7.86. The number of amides is 1. The lowest BCUT2D eigenvalue weighted by molar-refractivity contribution is -0.123. The quantitative estimate of drug-likeness (QED) is 0.757. The highest BCUT2D eigenvalue weighted by molar-refractivity contribution is 5.83. The number of hydrogen-bond acceptors (Lipinski definition) is 3. The third-order valence-electron chi connectivity index (χ3n) is 4.03. The molecule has 1 aliphatic rings. The largest absolute Gasteiger partial charge is 0.368 e. The van der Waals surface area contributed by atoms with Gasteiger partial charge in [0, 0.05) is 12.6 Å². The fraction of sp³-hybridized carbons (Fsp3) is 0.923. The Labute approximate surface area is 105 Å². The lowest BCUT2D eigenvalue weighted by Gasteiger charge is -2.38. The highest BCUT2D eigenvalue weighted by atomic mass is 16.1. The van der Waals surface area contributed by atoms with E-state index in [2.05, 4.69) is 18.7 Å². The molecule has 4 nitrogen and oxygen atoms in total. The van der Waals surface area contributed by atoms with Gasteiger partial charge in [0.05, 0.1) is 5.54 Å². The predicted octanol–water partition coefficient (Wildman–Crippen LogP) is 1.09. The molecule has 1 aliphatic heterocycles. The molecule has 0 bridgehead atoms. The summed E-state index contributed by atoms with van der Waals surface area (Å²) in [5, 5.41) is 0. The lowest BCUT2D eigenvalue weighted by Crippen LogP contribution is -2.54. The summed E-state index contributed by atoms with van der Waals surface area (Å²) in [7, 11) is 0. The molecule has 3 atom stereocenters. The summed E-state index contributed by atoms with van der Waals surface area (Å²) in [5.74, 6) is 0.386. The second kappa shape index (κ2) is 5.83. The fourth-order valence-electron chi connectivity index (χ4n) is 2.67. The zero-order valence-corrected chi connectivity index (χ0v) is 11.4. The third-order valence-corrected chi connectivity index (χ3v) is 4.03. The molecular weight excluding hydrogens is 214 g/mol. The molecule has 3 unspecified atom stereocenters. The van der Waals surface area contributed by atoms with E-state index in [1.54, 1.807) is 6.92 Å². The number of carbonyl (C=O) groups is 1. The van der Waals surface area contributed by atoms with Crippen molar-refractivity contribution in [3.8, 4) is 0 Å². The molecule has 0 aromatic rings. The number of piperidine rings is 1. The van der Waals surface area contributed by atoms with E-state index in [1.165, 1.54) is 19.3 Å². The van der Waals surface area contributed by atoms with Crippen LogP contribution in [0, 0.1) is 5.92 Å². The van der Waals surface area contributed by atoms with Gasteiger partial charge in [-0.3, -0.25) is 4.79 Å². The highest BCUT2D eigenvalue weighted by Gasteiger charge is 2.31. The van der Waals surface area contributed by atoms with Gasteiger partial charge in [0.1, 0.15) is 0 Å². The minimum Gasteiger partial charge on any atom is -0.368 e. The van der Waals surface area contributed by atoms with Crippen molar-refractivity contribution in [3.05, 3.63) is 0 Å². The van der Waals surface area contributed by atoms with Crippen molar-refractivity contribution < 1.29 is 4.79 Å². The number of likely N-dealkylation sites (tertiary alicyclic amines) is 1. The van der Waals surface area contributed by atoms with Crippen molar-refractivity contribution in [2.24, 2.45) is 17.4 Å². The molecule has 4 heteroatoms. The Balaban J connectivity index is 2.52. The van der Waals surface area contributed by atoms with E-state index in [0.717, 1.165) is 19.0 Å². The number of primary amides is 1. The molecule has 0 radical (unpaired) electrons. The highest BCUT2D eigenvalue weighted by Crippen LogP contribution is 2.23. The molecule has 0 spiro atoms.